The van der Waals surface area contributed by atoms with Crippen molar-refractivity contribution in [2.75, 3.05) is 0 Å². The zero-order valence-corrected chi connectivity index (χ0v) is 15.7. The molecule has 2 heterocycles. The molecule has 0 unspecified atom stereocenters. The van der Waals surface area contributed by atoms with Gasteiger partial charge in [-0.25, -0.2) is 0 Å². The number of hydrogen-bond donors (Lipinski definition) is 0. The van der Waals surface area contributed by atoms with E-state index in [1.165, 1.54) is 24.3 Å². The van der Waals surface area contributed by atoms with Crippen molar-refractivity contribution in [1.29, 1.82) is 0 Å². The molecule has 0 aromatic heterocycles. The van der Waals surface area contributed by atoms with E-state index in [9.17, 15) is 18.5 Å². The van der Waals surface area contributed by atoms with E-state index in [2.05, 4.69) is 3.77 Å². The molecule has 0 aliphatic carbocycles. The average Bonchev–Trinajstić information content (AvgIpc) is 2.53. The quantitative estimate of drug-likeness (QED) is 0.432. The lowest BCUT2D eigenvalue weighted by Crippen LogP contribution is -2.47. The lowest BCUT2D eigenvalue weighted by atomic mass is 9.98. The number of sulfonamides is 1. The second kappa shape index (κ2) is 6.90. The Bertz CT molecular complexity index is 780. The summed E-state index contributed by atoms with van der Waals surface area (Å²) in [6.07, 6.45) is 3.06. The van der Waals surface area contributed by atoms with Gasteiger partial charge in [-0.3, -0.25) is 10.1 Å². The Kier molecular flexibility index (Phi) is 5.20. The van der Waals surface area contributed by atoms with Gasteiger partial charge in [0.25, 0.3) is 15.7 Å². The average molecular weight is 411 g/mol. The molecule has 2 aliphatic rings. The fourth-order valence-corrected chi connectivity index (χ4v) is 9.23. The van der Waals surface area contributed by atoms with Crippen LogP contribution in [-0.2, 0) is 20.7 Å². The van der Waals surface area contributed by atoms with E-state index in [4.69, 9.17) is 23.2 Å². The maximum atomic E-state index is 12.7. The van der Waals surface area contributed by atoms with Crippen LogP contribution in [0.1, 0.15) is 25.7 Å². The Balaban J connectivity index is 2.08. The Morgan fingerprint density at radius 3 is 2.17 bits per heavy atom. The van der Waals surface area contributed by atoms with Crippen LogP contribution in [0.3, 0.4) is 0 Å². The van der Waals surface area contributed by atoms with Gasteiger partial charge in [0.1, 0.15) is 0 Å². The number of para-hydroxylation sites is 1. The molecule has 0 spiro atoms. The summed E-state index contributed by atoms with van der Waals surface area (Å²) in [5, 5.41) is 10.8. The third kappa shape index (κ3) is 3.34. The van der Waals surface area contributed by atoms with Crippen LogP contribution >= 0.6 is 23.2 Å². The fourth-order valence-electron chi connectivity index (χ4n) is 3.24. The fraction of sp³-hybridized carbons (Fsp3) is 0.571. The smallest absolute Gasteiger partial charge is 0.258 e. The third-order valence-corrected chi connectivity index (χ3v) is 10.5. The summed E-state index contributed by atoms with van der Waals surface area (Å²) in [6.45, 7) is 0. The van der Waals surface area contributed by atoms with Gasteiger partial charge in [-0.1, -0.05) is 22.8 Å². The molecule has 2 aliphatic heterocycles. The van der Waals surface area contributed by atoms with Gasteiger partial charge in [0, 0.05) is 27.3 Å². The molecule has 0 radical (unpaired) electrons. The lowest BCUT2D eigenvalue weighted by Gasteiger charge is -2.42. The molecule has 6 nitrogen and oxygen atoms in total. The summed E-state index contributed by atoms with van der Waals surface area (Å²) in [5.41, 5.74) is -0.461. The van der Waals surface area contributed by atoms with Crippen LogP contribution < -0.4 is 0 Å². The molecular formula is C14H16Cl2N2O4S2. The van der Waals surface area contributed by atoms with Crippen molar-refractivity contribution >= 4 is 49.6 Å². The zero-order valence-electron chi connectivity index (χ0n) is 12.5. The molecule has 3 rings (SSSR count). The number of nitro groups is 1. The van der Waals surface area contributed by atoms with Crippen molar-refractivity contribution in [3.8, 4) is 0 Å². The topological polar surface area (TPSA) is 89.6 Å². The first-order valence-electron chi connectivity index (χ1n) is 7.53. The van der Waals surface area contributed by atoms with Crippen molar-refractivity contribution in [2.24, 2.45) is 3.77 Å². The highest BCUT2D eigenvalue weighted by Gasteiger charge is 2.43. The number of rotatable bonds is 3. The minimum Gasteiger partial charge on any atom is -0.258 e. The van der Waals surface area contributed by atoms with Gasteiger partial charge < -0.3 is 0 Å². The Morgan fingerprint density at radius 1 is 1.08 bits per heavy atom. The normalized spacial score (nSPS) is 33.0. The second-order valence-corrected chi connectivity index (χ2v) is 10.9. The van der Waals surface area contributed by atoms with Crippen molar-refractivity contribution in [2.45, 2.75) is 51.8 Å². The standard InChI is InChI=1S/C14H16Cl2N2O4S2/c15-9-5-7-12-10(16)6-8-13(9)23(12)17-24(21,22)14-4-2-1-3-11(14)18(19)20/h1-4,9-10,12-13H,5-8H2/t9-,10-,12-,13-/m1/s1. The first-order valence-corrected chi connectivity index (χ1v) is 11.1. The number of nitro benzene ring substituents is 1. The van der Waals surface area contributed by atoms with E-state index < -0.39 is 31.3 Å². The first-order chi connectivity index (χ1) is 11.3. The number of nitrogens with zero attached hydrogens (tertiary/aromatic N) is 2. The van der Waals surface area contributed by atoms with Crippen molar-refractivity contribution < 1.29 is 13.3 Å². The third-order valence-electron chi connectivity index (χ3n) is 4.41. The van der Waals surface area contributed by atoms with E-state index >= 15 is 0 Å². The SMILES string of the molecule is O=[N+]([O-])c1ccccc1S(=O)(=O)N=S1[C@@H]2CC[C@@H](Cl)[C@H]1CC[C@H]2Cl. The second-order valence-electron chi connectivity index (χ2n) is 5.88. The van der Waals surface area contributed by atoms with E-state index in [0.717, 1.165) is 25.7 Å². The van der Waals surface area contributed by atoms with Gasteiger partial charge in [-0.2, -0.15) is 8.42 Å². The predicted octanol–water partition coefficient (Wildman–Crippen LogP) is 3.63. The highest BCUT2D eigenvalue weighted by atomic mass is 35.5. The van der Waals surface area contributed by atoms with E-state index in [-0.39, 0.29) is 26.1 Å². The summed E-state index contributed by atoms with van der Waals surface area (Å²) >= 11 is 12.8. The Hall–Kier alpha value is -0.700. The molecule has 0 saturated carbocycles. The van der Waals surface area contributed by atoms with Crippen LogP contribution in [0.15, 0.2) is 32.9 Å². The molecule has 2 saturated heterocycles. The number of fused-ring (bicyclic) bond motifs is 2. The van der Waals surface area contributed by atoms with Gasteiger partial charge in [0.2, 0.25) is 0 Å². The molecule has 1 aromatic rings. The highest BCUT2D eigenvalue weighted by Crippen LogP contribution is 2.41. The van der Waals surface area contributed by atoms with Crippen LogP contribution in [0.4, 0.5) is 5.69 Å². The molecule has 10 heteroatoms. The molecular weight excluding hydrogens is 395 g/mol. The number of benzene rings is 1. The van der Waals surface area contributed by atoms with Crippen molar-refractivity contribution in [3.63, 3.8) is 0 Å². The first kappa shape index (κ1) is 18.1. The molecule has 2 fully saturated rings. The molecule has 1 aromatic carbocycles. The van der Waals surface area contributed by atoms with Gasteiger partial charge in [0.15, 0.2) is 4.90 Å². The van der Waals surface area contributed by atoms with E-state index in [1.54, 1.807) is 0 Å². The number of alkyl halides is 2. The van der Waals surface area contributed by atoms with Crippen LogP contribution in [0.2, 0.25) is 0 Å². The molecule has 132 valence electrons. The number of hydrogen-bond acceptors (Lipinski definition) is 4. The Labute approximate surface area is 152 Å². The van der Waals surface area contributed by atoms with Crippen LogP contribution in [0.5, 0.6) is 0 Å². The summed E-state index contributed by atoms with van der Waals surface area (Å²) in [7, 11) is -4.99. The number of halogens is 2. The molecule has 24 heavy (non-hydrogen) atoms. The summed E-state index contributed by atoms with van der Waals surface area (Å²) in [4.78, 5) is 10.0. The highest BCUT2D eigenvalue weighted by molar-refractivity contribution is 8.01. The van der Waals surface area contributed by atoms with Crippen LogP contribution in [-0.4, -0.2) is 34.6 Å². The molecule has 2 bridgehead atoms. The van der Waals surface area contributed by atoms with Crippen LogP contribution in [0, 0.1) is 10.1 Å². The monoisotopic (exact) mass is 410 g/mol. The largest absolute Gasteiger partial charge is 0.294 e. The van der Waals surface area contributed by atoms with Gasteiger partial charge in [0.05, 0.1) is 4.92 Å². The maximum Gasteiger partial charge on any atom is 0.294 e. The van der Waals surface area contributed by atoms with Gasteiger partial charge in [-0.15, -0.1) is 27.0 Å². The summed E-state index contributed by atoms with van der Waals surface area (Å²) in [6, 6.07) is 5.27. The van der Waals surface area contributed by atoms with Crippen LogP contribution in [0.25, 0.3) is 0 Å². The summed E-state index contributed by atoms with van der Waals surface area (Å²) in [5.74, 6) is 0. The predicted molar refractivity (Wildman–Crippen MR) is 95.4 cm³/mol. The maximum absolute atomic E-state index is 12.7. The zero-order chi connectivity index (χ0) is 17.5. The molecule has 4 atom stereocenters. The van der Waals surface area contributed by atoms with Gasteiger partial charge >= 0.3 is 0 Å². The van der Waals surface area contributed by atoms with E-state index in [1.807, 2.05) is 0 Å². The minimum absolute atomic E-state index is 0.0297. The summed E-state index contributed by atoms with van der Waals surface area (Å²) < 4.78 is 29.5. The van der Waals surface area contributed by atoms with E-state index in [0.29, 0.717) is 0 Å². The minimum atomic E-state index is -4.15. The Morgan fingerprint density at radius 2 is 1.62 bits per heavy atom. The van der Waals surface area contributed by atoms with Crippen molar-refractivity contribution in [3.05, 3.63) is 34.4 Å². The van der Waals surface area contributed by atoms with Crippen molar-refractivity contribution in [1.82, 2.24) is 0 Å². The molecule has 0 amide bonds. The molecule has 0 N–H and O–H groups in total. The van der Waals surface area contributed by atoms with Gasteiger partial charge in [-0.05, 0) is 31.7 Å². The lowest BCUT2D eigenvalue weighted by molar-refractivity contribution is -0.387.